The molecule has 1 aromatic heterocycles. The van der Waals surface area contributed by atoms with Crippen LogP contribution in [-0.2, 0) is 23.0 Å². The molecule has 0 radical (unpaired) electrons. The molecule has 0 aliphatic rings. The zero-order valence-corrected chi connectivity index (χ0v) is 11.5. The third kappa shape index (κ3) is 4.08. The Morgan fingerprint density at radius 1 is 1.29 bits per heavy atom. The number of hydrogen-bond acceptors (Lipinski definition) is 5. The van der Waals surface area contributed by atoms with Crippen LogP contribution in [0.3, 0.4) is 0 Å². The number of aryl methyl sites for hydroxylation is 1. The first-order valence-corrected chi connectivity index (χ1v) is 7.21. The second-order valence-electron chi connectivity index (χ2n) is 4.37. The monoisotopic (exact) mass is 261 g/mol. The molecule has 6 nitrogen and oxygen atoms in total. The second kappa shape index (κ2) is 5.59. The van der Waals surface area contributed by atoms with E-state index in [0.29, 0.717) is 18.2 Å². The molecule has 0 aromatic carbocycles. The summed E-state index contributed by atoms with van der Waals surface area (Å²) in [6.45, 7) is 5.76. The molecule has 1 aromatic rings. The highest BCUT2D eigenvalue weighted by Crippen LogP contribution is 2.10. The molecule has 98 valence electrons. The van der Waals surface area contributed by atoms with Gasteiger partial charge in [0.05, 0.1) is 12.3 Å². The van der Waals surface area contributed by atoms with Crippen molar-refractivity contribution >= 4 is 10.0 Å². The van der Waals surface area contributed by atoms with Crippen molar-refractivity contribution in [2.24, 2.45) is 5.92 Å². The van der Waals surface area contributed by atoms with Gasteiger partial charge in [0.1, 0.15) is 0 Å². The Hall–Kier alpha value is -0.950. The first-order valence-electron chi connectivity index (χ1n) is 5.60. The molecule has 0 aliphatic carbocycles. The maximum absolute atomic E-state index is 11.9. The fourth-order valence-corrected chi connectivity index (χ4v) is 2.74. The predicted octanol–water partition coefficient (Wildman–Crippen LogP) is 1.05. The minimum absolute atomic E-state index is 0.0938. The molecule has 0 atom stereocenters. The van der Waals surface area contributed by atoms with Crippen LogP contribution in [0.1, 0.15) is 32.6 Å². The molecular weight excluding hydrogens is 242 g/mol. The molecule has 7 heteroatoms. The molecule has 0 aliphatic heterocycles. The minimum Gasteiger partial charge on any atom is -0.424 e. The van der Waals surface area contributed by atoms with Crippen molar-refractivity contribution in [3.63, 3.8) is 0 Å². The van der Waals surface area contributed by atoms with Crippen molar-refractivity contribution in [3.8, 4) is 0 Å². The van der Waals surface area contributed by atoms with Gasteiger partial charge in [0.25, 0.3) is 0 Å². The minimum atomic E-state index is -3.25. The standard InChI is InChI=1S/C10H19N3O3S/c1-5-9-11-12-10(16-9)6-13(4)17(14,15)7-8(2)3/h8H,5-7H2,1-4H3. The van der Waals surface area contributed by atoms with E-state index in [1.54, 1.807) is 0 Å². The second-order valence-corrected chi connectivity index (χ2v) is 6.49. The molecule has 1 rings (SSSR count). The summed E-state index contributed by atoms with van der Waals surface area (Å²) in [4.78, 5) is 0. The maximum atomic E-state index is 11.9. The van der Waals surface area contributed by atoms with Gasteiger partial charge in [-0.2, -0.15) is 4.31 Å². The van der Waals surface area contributed by atoms with Gasteiger partial charge >= 0.3 is 0 Å². The molecule has 0 spiro atoms. The summed E-state index contributed by atoms with van der Waals surface area (Å²) >= 11 is 0. The molecule has 0 amide bonds. The molecule has 0 unspecified atom stereocenters. The average Bonchev–Trinajstić information content (AvgIpc) is 2.63. The van der Waals surface area contributed by atoms with Crippen molar-refractivity contribution in [3.05, 3.63) is 11.8 Å². The van der Waals surface area contributed by atoms with Crippen molar-refractivity contribution in [2.45, 2.75) is 33.7 Å². The summed E-state index contributed by atoms with van der Waals surface area (Å²) < 4.78 is 30.2. The highest BCUT2D eigenvalue weighted by molar-refractivity contribution is 7.89. The summed E-state index contributed by atoms with van der Waals surface area (Å²) in [5, 5.41) is 7.59. The third-order valence-electron chi connectivity index (χ3n) is 2.19. The predicted molar refractivity (Wildman–Crippen MR) is 63.8 cm³/mol. The van der Waals surface area contributed by atoms with Crippen LogP contribution in [0.4, 0.5) is 0 Å². The van der Waals surface area contributed by atoms with E-state index in [0.717, 1.165) is 0 Å². The number of aromatic nitrogens is 2. The van der Waals surface area contributed by atoms with Crippen molar-refractivity contribution < 1.29 is 12.8 Å². The molecule has 0 fully saturated rings. The van der Waals surface area contributed by atoms with Crippen molar-refractivity contribution in [1.29, 1.82) is 0 Å². The van der Waals surface area contributed by atoms with Gasteiger partial charge in [-0.25, -0.2) is 8.42 Å². The lowest BCUT2D eigenvalue weighted by Gasteiger charge is -2.16. The Morgan fingerprint density at radius 2 is 1.88 bits per heavy atom. The first kappa shape index (κ1) is 14.1. The molecule has 1 heterocycles. The molecular formula is C10H19N3O3S. The van der Waals surface area contributed by atoms with Crippen molar-refractivity contribution in [1.82, 2.24) is 14.5 Å². The van der Waals surface area contributed by atoms with Crippen molar-refractivity contribution in [2.75, 3.05) is 12.8 Å². The van der Waals surface area contributed by atoms with Gasteiger partial charge in [0.15, 0.2) is 0 Å². The summed E-state index contributed by atoms with van der Waals surface area (Å²) in [7, 11) is -1.73. The van der Waals surface area contributed by atoms with E-state index in [4.69, 9.17) is 4.42 Å². The fraction of sp³-hybridized carbons (Fsp3) is 0.800. The SMILES string of the molecule is CCc1nnc(CN(C)S(=O)(=O)CC(C)C)o1. The lowest BCUT2D eigenvalue weighted by Crippen LogP contribution is -2.30. The zero-order valence-electron chi connectivity index (χ0n) is 10.7. The topological polar surface area (TPSA) is 76.3 Å². The quantitative estimate of drug-likeness (QED) is 0.765. The van der Waals surface area contributed by atoms with Crippen LogP contribution < -0.4 is 0 Å². The summed E-state index contributed by atoms with van der Waals surface area (Å²) in [6.07, 6.45) is 0.648. The number of sulfonamides is 1. The van der Waals surface area contributed by atoms with Crippen LogP contribution >= 0.6 is 0 Å². The van der Waals surface area contributed by atoms with Crippen LogP contribution in [0.25, 0.3) is 0 Å². The Balaban J connectivity index is 2.68. The van der Waals surface area contributed by atoms with E-state index in [1.165, 1.54) is 11.4 Å². The summed E-state index contributed by atoms with van der Waals surface area (Å²) in [6, 6.07) is 0. The number of nitrogens with zero attached hydrogens (tertiary/aromatic N) is 3. The lowest BCUT2D eigenvalue weighted by atomic mass is 10.3. The first-order chi connectivity index (χ1) is 7.85. The van der Waals surface area contributed by atoms with E-state index in [9.17, 15) is 8.42 Å². The molecule has 17 heavy (non-hydrogen) atoms. The van der Waals surface area contributed by atoms with Crippen LogP contribution in [0, 0.1) is 5.92 Å². The number of rotatable bonds is 6. The highest BCUT2D eigenvalue weighted by atomic mass is 32.2. The van der Waals surface area contributed by atoms with Gasteiger partial charge in [-0.1, -0.05) is 20.8 Å². The highest BCUT2D eigenvalue weighted by Gasteiger charge is 2.21. The van der Waals surface area contributed by atoms with E-state index in [2.05, 4.69) is 10.2 Å². The van der Waals surface area contributed by atoms with Gasteiger partial charge in [-0.05, 0) is 5.92 Å². The zero-order chi connectivity index (χ0) is 13.1. The fourth-order valence-electron chi connectivity index (χ4n) is 1.33. The van der Waals surface area contributed by atoms with Crippen LogP contribution in [0.5, 0.6) is 0 Å². The summed E-state index contributed by atoms with van der Waals surface area (Å²) in [5.74, 6) is 1.07. The maximum Gasteiger partial charge on any atom is 0.231 e. The van der Waals surface area contributed by atoms with Gasteiger partial charge in [-0.15, -0.1) is 10.2 Å². The Kier molecular flexibility index (Phi) is 4.64. The van der Waals surface area contributed by atoms with E-state index < -0.39 is 10.0 Å². The van der Waals surface area contributed by atoms with Gasteiger partial charge in [-0.3, -0.25) is 0 Å². The largest absolute Gasteiger partial charge is 0.424 e. The van der Waals surface area contributed by atoms with Gasteiger partial charge < -0.3 is 4.42 Å². The molecule has 0 bridgehead atoms. The van der Waals surface area contributed by atoms with Gasteiger partial charge in [0.2, 0.25) is 21.8 Å². The Bertz CT molecular complexity index is 453. The normalized spacial score (nSPS) is 12.6. The molecule has 0 saturated heterocycles. The Labute approximate surface area is 102 Å². The Morgan fingerprint density at radius 3 is 2.35 bits per heavy atom. The average molecular weight is 261 g/mol. The van der Waals surface area contributed by atoms with Gasteiger partial charge in [0, 0.05) is 13.5 Å². The lowest BCUT2D eigenvalue weighted by molar-refractivity contribution is 0.380. The van der Waals surface area contributed by atoms with Crippen LogP contribution in [-0.4, -0.2) is 35.7 Å². The smallest absolute Gasteiger partial charge is 0.231 e. The van der Waals surface area contributed by atoms with Crippen LogP contribution in [0.15, 0.2) is 4.42 Å². The molecule has 0 saturated carbocycles. The van der Waals surface area contributed by atoms with E-state index in [1.807, 2.05) is 20.8 Å². The van der Waals surface area contributed by atoms with E-state index >= 15 is 0 Å². The third-order valence-corrected chi connectivity index (χ3v) is 4.35. The molecule has 0 N–H and O–H groups in total. The number of hydrogen-bond donors (Lipinski definition) is 0. The van der Waals surface area contributed by atoms with Crippen LogP contribution in [0.2, 0.25) is 0 Å². The summed E-state index contributed by atoms with van der Waals surface area (Å²) in [5.41, 5.74) is 0. The van der Waals surface area contributed by atoms with E-state index in [-0.39, 0.29) is 18.2 Å².